The maximum Gasteiger partial charge on any atom is 0.211 e. The van der Waals surface area contributed by atoms with Crippen molar-refractivity contribution in [3.8, 4) is 23.1 Å². The summed E-state index contributed by atoms with van der Waals surface area (Å²) in [6.07, 6.45) is -0.115. The molecule has 0 bridgehead atoms. The maximum absolute atomic E-state index is 11.8. The number of nitrogens with zero attached hydrogens (tertiary/aromatic N) is 5. The quantitative estimate of drug-likeness (QED) is 0.650. The topological polar surface area (TPSA) is 140 Å². The van der Waals surface area contributed by atoms with E-state index in [0.717, 1.165) is 0 Å². The highest BCUT2D eigenvalue weighted by Crippen LogP contribution is 2.37. The van der Waals surface area contributed by atoms with Crippen LogP contribution in [0.4, 0.5) is 5.82 Å². The second-order valence-corrected chi connectivity index (χ2v) is 8.81. The van der Waals surface area contributed by atoms with Gasteiger partial charge in [0.25, 0.3) is 0 Å². The summed E-state index contributed by atoms with van der Waals surface area (Å²) in [5, 5.41) is 28.6. The number of hydrogen-bond acceptors (Lipinski definition) is 9. The third-order valence-corrected chi connectivity index (χ3v) is 6.14. The Balaban J connectivity index is 2.06. The number of aromatic nitrogens is 2. The summed E-state index contributed by atoms with van der Waals surface area (Å²) in [4.78, 5) is 10.7. The van der Waals surface area contributed by atoms with Crippen molar-refractivity contribution < 1.29 is 23.4 Å². The summed E-state index contributed by atoms with van der Waals surface area (Å²) in [6.45, 7) is 0.774. The molecule has 0 saturated carbocycles. The van der Waals surface area contributed by atoms with Crippen LogP contribution in [-0.4, -0.2) is 79.1 Å². The molecule has 1 saturated heterocycles. The lowest BCUT2D eigenvalue weighted by atomic mass is 10.1. The Hall–Kier alpha value is -2.78. The van der Waals surface area contributed by atoms with Crippen molar-refractivity contribution >= 4 is 15.8 Å². The lowest BCUT2D eigenvalue weighted by molar-refractivity contribution is 0.0886. The number of rotatable bonds is 6. The first-order chi connectivity index (χ1) is 14.3. The van der Waals surface area contributed by atoms with Gasteiger partial charge in [0.2, 0.25) is 10.0 Å². The molecule has 11 heteroatoms. The first kappa shape index (κ1) is 21.9. The Kier molecular flexibility index (Phi) is 6.52. The molecule has 10 nitrogen and oxygen atoms in total. The minimum Gasteiger partial charge on any atom is -0.491 e. The number of hydrogen-bond donors (Lipinski definition) is 2. The van der Waals surface area contributed by atoms with Gasteiger partial charge in [-0.3, -0.25) is 0 Å². The van der Waals surface area contributed by atoms with Crippen LogP contribution in [0, 0.1) is 11.3 Å². The van der Waals surface area contributed by atoms with Crippen LogP contribution in [0.2, 0.25) is 0 Å². The molecule has 160 valence electrons. The summed E-state index contributed by atoms with van der Waals surface area (Å²) in [5.41, 5.74) is 1.54. The van der Waals surface area contributed by atoms with E-state index in [1.807, 2.05) is 4.90 Å². The Morgan fingerprint density at radius 2 is 1.83 bits per heavy atom. The van der Waals surface area contributed by atoms with E-state index in [2.05, 4.69) is 16.0 Å². The predicted molar refractivity (Wildman–Crippen MR) is 109 cm³/mol. The van der Waals surface area contributed by atoms with Crippen molar-refractivity contribution in [1.82, 2.24) is 14.3 Å². The Morgan fingerprint density at radius 1 is 1.20 bits per heavy atom. The van der Waals surface area contributed by atoms with E-state index < -0.39 is 22.7 Å². The highest BCUT2D eigenvalue weighted by Gasteiger charge is 2.29. The summed E-state index contributed by atoms with van der Waals surface area (Å²) in [5.74, 6) is 0.794. The van der Waals surface area contributed by atoms with Gasteiger partial charge in [0.1, 0.15) is 11.8 Å². The van der Waals surface area contributed by atoms with Gasteiger partial charge in [-0.1, -0.05) is 12.1 Å². The van der Waals surface area contributed by atoms with Crippen molar-refractivity contribution in [2.75, 3.05) is 51.1 Å². The van der Waals surface area contributed by atoms with Crippen LogP contribution in [0.3, 0.4) is 0 Å². The van der Waals surface area contributed by atoms with Crippen molar-refractivity contribution in [3.05, 3.63) is 35.7 Å². The van der Waals surface area contributed by atoms with Crippen LogP contribution in [0.5, 0.6) is 5.75 Å². The van der Waals surface area contributed by atoms with Gasteiger partial charge < -0.3 is 19.8 Å². The standard InChI is InChI=1S/C19H23N5O5S/c1-29-17-16(14-5-3-13(11-20)4-6-14)21-18(15(26)12-25)22-19(17)23-7-9-24(10-8-23)30(2,27)28/h3-6,15,25-26H,7-10,12H2,1-2H3. The molecule has 2 heterocycles. The van der Waals surface area contributed by atoms with Crippen molar-refractivity contribution in [1.29, 1.82) is 5.26 Å². The zero-order valence-electron chi connectivity index (χ0n) is 16.7. The highest BCUT2D eigenvalue weighted by molar-refractivity contribution is 7.88. The fourth-order valence-corrected chi connectivity index (χ4v) is 4.04. The Bertz CT molecular complexity index is 1040. The first-order valence-corrected chi connectivity index (χ1v) is 11.1. The summed E-state index contributed by atoms with van der Waals surface area (Å²) in [6, 6.07) is 8.76. The molecule has 2 N–H and O–H groups in total. The molecule has 0 spiro atoms. The van der Waals surface area contributed by atoms with Crippen LogP contribution in [-0.2, 0) is 10.0 Å². The molecule has 1 aliphatic heterocycles. The first-order valence-electron chi connectivity index (χ1n) is 9.24. The van der Waals surface area contributed by atoms with Gasteiger partial charge in [-0.15, -0.1) is 0 Å². The fourth-order valence-electron chi connectivity index (χ4n) is 3.22. The van der Waals surface area contributed by atoms with Gasteiger partial charge in [-0.25, -0.2) is 18.4 Å². The number of benzene rings is 1. The van der Waals surface area contributed by atoms with Crippen LogP contribution in [0.25, 0.3) is 11.3 Å². The van der Waals surface area contributed by atoms with E-state index in [4.69, 9.17) is 10.00 Å². The third kappa shape index (κ3) is 4.52. The van der Waals surface area contributed by atoms with Crippen LogP contribution in [0.15, 0.2) is 24.3 Å². The van der Waals surface area contributed by atoms with Crippen molar-refractivity contribution in [2.45, 2.75) is 6.10 Å². The molecule has 3 rings (SSSR count). The number of ether oxygens (including phenoxy) is 1. The number of sulfonamides is 1. The smallest absolute Gasteiger partial charge is 0.211 e. The fraction of sp³-hybridized carbons (Fsp3) is 0.421. The molecule has 0 amide bonds. The van der Waals surface area contributed by atoms with Crippen LogP contribution < -0.4 is 9.64 Å². The number of methoxy groups -OCH3 is 1. The second-order valence-electron chi connectivity index (χ2n) is 6.82. The normalized spacial score (nSPS) is 16.2. The molecule has 1 fully saturated rings. The molecule has 1 unspecified atom stereocenters. The number of nitriles is 1. The third-order valence-electron chi connectivity index (χ3n) is 4.83. The number of piperazine rings is 1. The van der Waals surface area contributed by atoms with E-state index in [1.54, 1.807) is 24.3 Å². The molecule has 0 radical (unpaired) electrons. The number of aliphatic hydroxyl groups is 2. The zero-order valence-corrected chi connectivity index (χ0v) is 17.5. The molecular formula is C19H23N5O5S. The lowest BCUT2D eigenvalue weighted by Gasteiger charge is -2.35. The molecule has 0 aliphatic carbocycles. The van der Waals surface area contributed by atoms with E-state index >= 15 is 0 Å². The van der Waals surface area contributed by atoms with E-state index in [-0.39, 0.29) is 18.9 Å². The predicted octanol–water partition coefficient (Wildman–Crippen LogP) is 0.131. The molecular weight excluding hydrogens is 410 g/mol. The van der Waals surface area contributed by atoms with Gasteiger partial charge >= 0.3 is 0 Å². The second kappa shape index (κ2) is 8.93. The molecule has 30 heavy (non-hydrogen) atoms. The number of anilines is 1. The van der Waals surface area contributed by atoms with Crippen LogP contribution in [0.1, 0.15) is 17.5 Å². The highest BCUT2D eigenvalue weighted by atomic mass is 32.2. The SMILES string of the molecule is COc1c(-c2ccc(C#N)cc2)nc(C(O)CO)nc1N1CCN(S(C)(=O)=O)CC1. The van der Waals surface area contributed by atoms with E-state index in [0.29, 0.717) is 41.5 Å². The largest absolute Gasteiger partial charge is 0.491 e. The monoisotopic (exact) mass is 433 g/mol. The summed E-state index contributed by atoms with van der Waals surface area (Å²) in [7, 11) is -1.81. The minimum absolute atomic E-state index is 0.0261. The van der Waals surface area contributed by atoms with Crippen molar-refractivity contribution in [2.24, 2.45) is 0 Å². The average molecular weight is 433 g/mol. The average Bonchev–Trinajstić information content (AvgIpc) is 2.77. The van der Waals surface area contributed by atoms with Gasteiger partial charge in [-0.05, 0) is 12.1 Å². The Morgan fingerprint density at radius 3 is 2.33 bits per heavy atom. The molecule has 1 aromatic heterocycles. The van der Waals surface area contributed by atoms with Gasteiger partial charge in [0.15, 0.2) is 17.4 Å². The molecule has 1 atom stereocenters. The van der Waals surface area contributed by atoms with E-state index in [1.165, 1.54) is 17.7 Å². The van der Waals surface area contributed by atoms with Gasteiger partial charge in [0, 0.05) is 31.7 Å². The lowest BCUT2D eigenvalue weighted by Crippen LogP contribution is -2.48. The number of aliphatic hydroxyl groups excluding tert-OH is 2. The van der Waals surface area contributed by atoms with Gasteiger partial charge in [0.05, 0.1) is 31.6 Å². The van der Waals surface area contributed by atoms with Crippen LogP contribution >= 0.6 is 0 Å². The Labute approximate surface area is 175 Å². The van der Waals surface area contributed by atoms with Crippen molar-refractivity contribution in [3.63, 3.8) is 0 Å². The zero-order chi connectivity index (χ0) is 21.9. The maximum atomic E-state index is 11.8. The molecule has 1 aliphatic rings. The van der Waals surface area contributed by atoms with Gasteiger partial charge in [-0.2, -0.15) is 9.57 Å². The molecule has 1 aromatic carbocycles. The minimum atomic E-state index is -3.29. The molecule has 2 aromatic rings. The summed E-state index contributed by atoms with van der Waals surface area (Å²) < 4.78 is 30.6. The van der Waals surface area contributed by atoms with E-state index in [9.17, 15) is 18.6 Å². The summed E-state index contributed by atoms with van der Waals surface area (Å²) >= 11 is 0.